The fourth-order valence-electron chi connectivity index (χ4n) is 1.18. The second kappa shape index (κ2) is 1.71. The van der Waals surface area contributed by atoms with Crippen LogP contribution in [-0.4, -0.2) is 20.0 Å². The van der Waals surface area contributed by atoms with Gasteiger partial charge in [-0.1, -0.05) is 0 Å². The molecule has 2 heteroatoms. The first-order valence-electron chi connectivity index (χ1n) is 3.12. The maximum atomic E-state index is 5.13. The van der Waals surface area contributed by atoms with Gasteiger partial charge < -0.3 is 9.47 Å². The minimum atomic E-state index is 0.521. The SMILES string of the molecule is C1OCC2CC2CO1. The van der Waals surface area contributed by atoms with E-state index in [1.165, 1.54) is 6.42 Å². The molecule has 46 valence electrons. The molecule has 1 heterocycles. The average molecular weight is 114 g/mol. The largest absolute Gasteiger partial charge is 0.355 e. The summed E-state index contributed by atoms with van der Waals surface area (Å²) in [6, 6.07) is 0. The van der Waals surface area contributed by atoms with Crippen LogP contribution < -0.4 is 0 Å². The van der Waals surface area contributed by atoms with Crippen LogP contribution in [0.5, 0.6) is 0 Å². The van der Waals surface area contributed by atoms with Crippen LogP contribution in [0.15, 0.2) is 0 Å². The molecule has 1 aliphatic carbocycles. The Labute approximate surface area is 48.8 Å². The van der Waals surface area contributed by atoms with Gasteiger partial charge in [-0.3, -0.25) is 0 Å². The van der Waals surface area contributed by atoms with Gasteiger partial charge in [0.25, 0.3) is 0 Å². The first-order chi connectivity index (χ1) is 3.97. The van der Waals surface area contributed by atoms with E-state index in [4.69, 9.17) is 9.47 Å². The Kier molecular flexibility index (Phi) is 1.02. The lowest BCUT2D eigenvalue weighted by atomic mass is 10.3. The van der Waals surface area contributed by atoms with Crippen molar-refractivity contribution in [3.8, 4) is 0 Å². The monoisotopic (exact) mass is 114 g/mol. The van der Waals surface area contributed by atoms with Crippen molar-refractivity contribution < 1.29 is 9.47 Å². The molecule has 0 aromatic heterocycles. The fourth-order valence-corrected chi connectivity index (χ4v) is 1.18. The molecule has 0 aromatic rings. The van der Waals surface area contributed by atoms with E-state index in [9.17, 15) is 0 Å². The van der Waals surface area contributed by atoms with E-state index in [0.717, 1.165) is 25.0 Å². The highest BCUT2D eigenvalue weighted by Crippen LogP contribution is 2.39. The standard InChI is InChI=1S/C6H10O2/c1-5-2-7-4-8-3-6(1)5/h5-6H,1-4H2. The topological polar surface area (TPSA) is 18.5 Å². The Morgan fingerprint density at radius 1 is 1.00 bits per heavy atom. The van der Waals surface area contributed by atoms with Gasteiger partial charge in [0, 0.05) is 0 Å². The zero-order valence-electron chi connectivity index (χ0n) is 4.80. The van der Waals surface area contributed by atoms with E-state index in [0.29, 0.717) is 6.79 Å². The van der Waals surface area contributed by atoms with Gasteiger partial charge in [0.2, 0.25) is 0 Å². The van der Waals surface area contributed by atoms with E-state index >= 15 is 0 Å². The molecule has 2 rings (SSSR count). The van der Waals surface area contributed by atoms with E-state index < -0.39 is 0 Å². The lowest BCUT2D eigenvalue weighted by Gasteiger charge is -1.97. The van der Waals surface area contributed by atoms with Crippen LogP contribution in [-0.2, 0) is 9.47 Å². The summed E-state index contributed by atoms with van der Waals surface area (Å²) in [4.78, 5) is 0. The molecule has 0 aromatic carbocycles. The summed E-state index contributed by atoms with van der Waals surface area (Å²) in [7, 11) is 0. The van der Waals surface area contributed by atoms with Crippen LogP contribution in [0.4, 0.5) is 0 Å². The Morgan fingerprint density at radius 3 is 2.25 bits per heavy atom. The van der Waals surface area contributed by atoms with Crippen LogP contribution >= 0.6 is 0 Å². The average Bonchev–Trinajstić information content (AvgIpc) is 2.36. The van der Waals surface area contributed by atoms with Gasteiger partial charge in [0.15, 0.2) is 0 Å². The van der Waals surface area contributed by atoms with Crippen LogP contribution in [0.3, 0.4) is 0 Å². The van der Waals surface area contributed by atoms with Gasteiger partial charge in [0.1, 0.15) is 6.79 Å². The quantitative estimate of drug-likeness (QED) is 0.459. The van der Waals surface area contributed by atoms with Crippen LogP contribution in [0.2, 0.25) is 0 Å². The summed E-state index contributed by atoms with van der Waals surface area (Å²) in [6.45, 7) is 2.39. The summed E-state index contributed by atoms with van der Waals surface area (Å²) in [5.41, 5.74) is 0. The van der Waals surface area contributed by atoms with Gasteiger partial charge in [-0.05, 0) is 18.3 Å². The predicted octanol–water partition coefficient (Wildman–Crippen LogP) is 0.627. The molecule has 0 N–H and O–H groups in total. The van der Waals surface area contributed by atoms with Crippen LogP contribution in [0, 0.1) is 11.8 Å². The van der Waals surface area contributed by atoms with Gasteiger partial charge in [-0.15, -0.1) is 0 Å². The molecule has 0 bridgehead atoms. The molecular formula is C6H10O2. The first kappa shape index (κ1) is 4.77. The summed E-state index contributed by atoms with van der Waals surface area (Å²) in [5.74, 6) is 1.69. The van der Waals surface area contributed by atoms with Gasteiger partial charge >= 0.3 is 0 Å². The Hall–Kier alpha value is -0.0800. The highest BCUT2D eigenvalue weighted by molar-refractivity contribution is 4.86. The normalized spacial score (nSPS) is 45.0. The van der Waals surface area contributed by atoms with Crippen molar-refractivity contribution in [2.45, 2.75) is 6.42 Å². The van der Waals surface area contributed by atoms with E-state index in [1.807, 2.05) is 0 Å². The number of fused-ring (bicyclic) bond motifs is 1. The molecule has 0 amide bonds. The van der Waals surface area contributed by atoms with Crippen molar-refractivity contribution in [2.24, 2.45) is 11.8 Å². The molecule has 8 heavy (non-hydrogen) atoms. The van der Waals surface area contributed by atoms with Gasteiger partial charge in [-0.25, -0.2) is 0 Å². The summed E-state index contributed by atoms with van der Waals surface area (Å²) in [5, 5.41) is 0. The number of hydrogen-bond donors (Lipinski definition) is 0. The molecule has 1 aliphatic heterocycles. The van der Waals surface area contributed by atoms with Crippen molar-refractivity contribution in [1.29, 1.82) is 0 Å². The summed E-state index contributed by atoms with van der Waals surface area (Å²) in [6.07, 6.45) is 1.33. The number of ether oxygens (including phenoxy) is 2. The third-order valence-electron chi connectivity index (χ3n) is 1.90. The van der Waals surface area contributed by atoms with E-state index in [-0.39, 0.29) is 0 Å². The molecule has 1 saturated heterocycles. The molecule has 1 saturated carbocycles. The molecule has 0 spiro atoms. The third-order valence-corrected chi connectivity index (χ3v) is 1.90. The third kappa shape index (κ3) is 0.740. The Bertz CT molecular complexity index is 82.5. The van der Waals surface area contributed by atoms with Crippen molar-refractivity contribution >= 4 is 0 Å². The van der Waals surface area contributed by atoms with Crippen molar-refractivity contribution in [3.05, 3.63) is 0 Å². The molecule has 2 unspecified atom stereocenters. The van der Waals surface area contributed by atoms with Crippen molar-refractivity contribution in [3.63, 3.8) is 0 Å². The molecular weight excluding hydrogens is 104 g/mol. The lowest BCUT2D eigenvalue weighted by molar-refractivity contribution is -0.0421. The maximum absolute atomic E-state index is 5.13. The van der Waals surface area contributed by atoms with Gasteiger partial charge in [-0.2, -0.15) is 0 Å². The minimum absolute atomic E-state index is 0.521. The van der Waals surface area contributed by atoms with E-state index in [2.05, 4.69) is 0 Å². The van der Waals surface area contributed by atoms with E-state index in [1.54, 1.807) is 0 Å². The number of hydrogen-bond acceptors (Lipinski definition) is 2. The zero-order valence-corrected chi connectivity index (χ0v) is 4.80. The van der Waals surface area contributed by atoms with Crippen LogP contribution in [0.25, 0.3) is 0 Å². The summed E-state index contributed by atoms with van der Waals surface area (Å²) >= 11 is 0. The highest BCUT2D eigenvalue weighted by Gasteiger charge is 2.38. The molecule has 2 nitrogen and oxygen atoms in total. The van der Waals surface area contributed by atoms with Crippen molar-refractivity contribution in [2.75, 3.05) is 20.0 Å². The Balaban J connectivity index is 1.89. The minimum Gasteiger partial charge on any atom is -0.355 e. The molecule has 2 aliphatic rings. The fraction of sp³-hybridized carbons (Fsp3) is 1.00. The van der Waals surface area contributed by atoms with Crippen LogP contribution in [0.1, 0.15) is 6.42 Å². The second-order valence-corrected chi connectivity index (χ2v) is 2.62. The maximum Gasteiger partial charge on any atom is 0.146 e. The highest BCUT2D eigenvalue weighted by atomic mass is 16.7. The lowest BCUT2D eigenvalue weighted by Crippen LogP contribution is -1.98. The first-order valence-corrected chi connectivity index (χ1v) is 3.12. The zero-order chi connectivity index (χ0) is 5.40. The smallest absolute Gasteiger partial charge is 0.146 e. The molecule has 2 fully saturated rings. The summed E-state index contributed by atoms with van der Waals surface area (Å²) < 4.78 is 10.3. The number of rotatable bonds is 0. The molecule has 2 atom stereocenters. The van der Waals surface area contributed by atoms with Gasteiger partial charge in [0.05, 0.1) is 13.2 Å². The Morgan fingerprint density at radius 2 is 1.62 bits per heavy atom. The molecule has 0 radical (unpaired) electrons. The second-order valence-electron chi connectivity index (χ2n) is 2.62. The predicted molar refractivity (Wildman–Crippen MR) is 28.4 cm³/mol. The van der Waals surface area contributed by atoms with Crippen molar-refractivity contribution in [1.82, 2.24) is 0 Å².